The van der Waals surface area contributed by atoms with Gasteiger partial charge in [-0.15, -0.1) is 0 Å². The molecule has 0 spiro atoms. The SMILES string of the molecule is CCOc1cc([C@@H]2C(C(=O)OC)=C(C)NC3=C2C(=O)c2ccccc23)cc(Cl)c1OCC#N. The van der Waals surface area contributed by atoms with Gasteiger partial charge in [-0.2, -0.15) is 5.26 Å². The van der Waals surface area contributed by atoms with Gasteiger partial charge in [-0.25, -0.2) is 4.79 Å². The van der Waals surface area contributed by atoms with E-state index in [4.69, 9.17) is 31.1 Å². The highest BCUT2D eigenvalue weighted by atomic mass is 35.5. The number of esters is 1. The number of nitrogens with one attached hydrogen (secondary N) is 1. The van der Waals surface area contributed by atoms with Crippen molar-refractivity contribution in [3.8, 4) is 17.6 Å². The number of nitriles is 1. The summed E-state index contributed by atoms with van der Waals surface area (Å²) in [6, 6.07) is 12.5. The molecule has 0 bridgehead atoms. The number of rotatable bonds is 6. The largest absolute Gasteiger partial charge is 0.490 e. The third-order valence-electron chi connectivity index (χ3n) is 5.60. The zero-order valence-electron chi connectivity index (χ0n) is 18.3. The van der Waals surface area contributed by atoms with Crippen LogP contribution >= 0.6 is 11.6 Å². The van der Waals surface area contributed by atoms with Crippen molar-refractivity contribution >= 4 is 29.1 Å². The monoisotopic (exact) mass is 464 g/mol. The molecular formula is C25H21ClN2O5. The number of nitrogens with zero attached hydrogens (tertiary/aromatic N) is 1. The van der Waals surface area contributed by atoms with Crippen molar-refractivity contribution in [1.82, 2.24) is 5.32 Å². The van der Waals surface area contributed by atoms with Gasteiger partial charge in [-0.05, 0) is 31.5 Å². The average Bonchev–Trinajstić information content (AvgIpc) is 3.09. The fraction of sp³-hybridized carbons (Fsp3) is 0.240. The number of carbonyl (C=O) groups excluding carboxylic acids is 2. The molecule has 1 heterocycles. The number of Topliss-reactive ketones (excluding diaryl/α,β-unsaturated/α-hetero) is 1. The predicted octanol–water partition coefficient (Wildman–Crippen LogP) is 4.38. The van der Waals surface area contributed by atoms with E-state index in [1.807, 2.05) is 18.2 Å². The summed E-state index contributed by atoms with van der Waals surface area (Å²) in [5.74, 6) is -0.922. The number of fused-ring (bicyclic) bond motifs is 2. The molecule has 0 radical (unpaired) electrons. The fourth-order valence-electron chi connectivity index (χ4n) is 4.30. The summed E-state index contributed by atoms with van der Waals surface area (Å²) >= 11 is 6.53. The van der Waals surface area contributed by atoms with E-state index in [0.717, 1.165) is 5.56 Å². The number of dihydropyridines is 1. The van der Waals surface area contributed by atoms with Crippen LogP contribution in [-0.4, -0.2) is 32.1 Å². The first-order valence-corrected chi connectivity index (χ1v) is 10.7. The van der Waals surface area contributed by atoms with Crippen molar-refractivity contribution in [2.75, 3.05) is 20.3 Å². The molecule has 2 aromatic carbocycles. The second kappa shape index (κ2) is 9.00. The molecule has 8 heteroatoms. The van der Waals surface area contributed by atoms with E-state index in [2.05, 4.69) is 5.32 Å². The van der Waals surface area contributed by atoms with Gasteiger partial charge in [0.05, 0.1) is 30.0 Å². The van der Waals surface area contributed by atoms with E-state index < -0.39 is 11.9 Å². The predicted molar refractivity (Wildman–Crippen MR) is 122 cm³/mol. The summed E-state index contributed by atoms with van der Waals surface area (Å²) in [6.07, 6.45) is 0. The van der Waals surface area contributed by atoms with Crippen molar-refractivity contribution in [1.29, 1.82) is 5.26 Å². The normalized spacial score (nSPS) is 16.6. The fourth-order valence-corrected chi connectivity index (χ4v) is 4.58. The van der Waals surface area contributed by atoms with Crippen LogP contribution in [0.25, 0.3) is 5.70 Å². The highest BCUT2D eigenvalue weighted by Crippen LogP contribution is 2.49. The van der Waals surface area contributed by atoms with Gasteiger partial charge in [0.15, 0.2) is 23.9 Å². The van der Waals surface area contributed by atoms with Crippen LogP contribution in [0.4, 0.5) is 0 Å². The summed E-state index contributed by atoms with van der Waals surface area (Å²) in [5, 5.41) is 12.3. The zero-order valence-corrected chi connectivity index (χ0v) is 19.1. The van der Waals surface area contributed by atoms with E-state index in [1.54, 1.807) is 38.1 Å². The first kappa shape index (κ1) is 22.4. The summed E-state index contributed by atoms with van der Waals surface area (Å²) in [5.41, 5.74) is 3.88. The Morgan fingerprint density at radius 2 is 1.94 bits per heavy atom. The van der Waals surface area contributed by atoms with Gasteiger partial charge in [-0.3, -0.25) is 4.79 Å². The molecule has 33 heavy (non-hydrogen) atoms. The van der Waals surface area contributed by atoms with E-state index in [0.29, 0.717) is 46.0 Å². The van der Waals surface area contributed by atoms with Gasteiger partial charge in [0.1, 0.15) is 6.07 Å². The average molecular weight is 465 g/mol. The Bertz CT molecular complexity index is 1270. The Balaban J connectivity index is 1.94. The van der Waals surface area contributed by atoms with Crippen LogP contribution in [0.2, 0.25) is 5.02 Å². The number of ketones is 1. The third kappa shape index (κ3) is 3.73. The minimum atomic E-state index is -0.740. The smallest absolute Gasteiger partial charge is 0.336 e. The molecule has 0 aromatic heterocycles. The van der Waals surface area contributed by atoms with Crippen molar-refractivity contribution in [3.63, 3.8) is 0 Å². The third-order valence-corrected chi connectivity index (χ3v) is 5.88. The second-order valence-electron chi connectivity index (χ2n) is 7.46. The first-order chi connectivity index (χ1) is 15.9. The van der Waals surface area contributed by atoms with E-state index >= 15 is 0 Å². The number of benzene rings is 2. The second-order valence-corrected chi connectivity index (χ2v) is 7.87. The molecule has 7 nitrogen and oxygen atoms in total. The summed E-state index contributed by atoms with van der Waals surface area (Å²) in [6.45, 7) is 3.69. The van der Waals surface area contributed by atoms with Gasteiger partial charge in [-0.1, -0.05) is 35.9 Å². The molecule has 2 aliphatic rings. The number of ether oxygens (including phenoxy) is 3. The molecule has 1 aliphatic carbocycles. The van der Waals surface area contributed by atoms with Gasteiger partial charge >= 0.3 is 5.97 Å². The number of hydrogen-bond donors (Lipinski definition) is 1. The standard InChI is InChI=1S/C25H21ClN2O5/c1-4-32-18-12-14(11-17(26)24(18)33-10-9-27)20-19(25(30)31-3)13(2)28-22-15-7-5-6-8-16(15)23(29)21(20)22/h5-8,11-12,20,28H,4,10H2,1-3H3/t20-/m1/s1. The topological polar surface area (TPSA) is 97.7 Å². The number of methoxy groups -OCH3 is 1. The van der Waals surface area contributed by atoms with Crippen LogP contribution in [0.1, 0.15) is 41.3 Å². The van der Waals surface area contributed by atoms with Gasteiger partial charge < -0.3 is 19.5 Å². The Morgan fingerprint density at radius 3 is 2.61 bits per heavy atom. The highest BCUT2D eigenvalue weighted by molar-refractivity contribution is 6.32. The summed E-state index contributed by atoms with van der Waals surface area (Å²) in [4.78, 5) is 26.3. The lowest BCUT2D eigenvalue weighted by Gasteiger charge is -2.29. The van der Waals surface area contributed by atoms with Gasteiger partial charge in [0.25, 0.3) is 0 Å². The van der Waals surface area contributed by atoms with Crippen LogP contribution in [-0.2, 0) is 9.53 Å². The van der Waals surface area contributed by atoms with Crippen molar-refractivity contribution in [2.24, 2.45) is 0 Å². The number of carbonyl (C=O) groups is 2. The van der Waals surface area contributed by atoms with Crippen molar-refractivity contribution in [2.45, 2.75) is 19.8 Å². The molecule has 0 unspecified atom stereocenters. The van der Waals surface area contributed by atoms with Crippen LogP contribution in [0, 0.1) is 11.3 Å². The highest BCUT2D eigenvalue weighted by Gasteiger charge is 2.43. The molecule has 0 saturated heterocycles. The van der Waals surface area contributed by atoms with Crippen LogP contribution < -0.4 is 14.8 Å². The molecule has 0 saturated carbocycles. The maximum atomic E-state index is 13.5. The molecule has 1 N–H and O–H groups in total. The zero-order chi connectivity index (χ0) is 23.7. The first-order valence-electron chi connectivity index (χ1n) is 10.3. The lowest BCUT2D eigenvalue weighted by molar-refractivity contribution is -0.136. The Hall–Kier alpha value is -3.76. The molecule has 0 amide bonds. The lowest BCUT2D eigenvalue weighted by atomic mass is 9.79. The van der Waals surface area contributed by atoms with E-state index in [-0.39, 0.29) is 23.2 Å². The maximum absolute atomic E-state index is 13.5. The molecule has 1 atom stereocenters. The molecular weight excluding hydrogens is 444 g/mol. The van der Waals surface area contributed by atoms with Gasteiger partial charge in [0, 0.05) is 28.3 Å². The van der Waals surface area contributed by atoms with Crippen molar-refractivity contribution in [3.05, 3.63) is 75.0 Å². The van der Waals surface area contributed by atoms with Crippen LogP contribution in [0.15, 0.2) is 53.2 Å². The molecule has 4 rings (SSSR count). The quantitative estimate of drug-likeness (QED) is 0.633. The minimum Gasteiger partial charge on any atom is -0.490 e. The minimum absolute atomic E-state index is 0.175. The molecule has 168 valence electrons. The van der Waals surface area contributed by atoms with Crippen LogP contribution in [0.5, 0.6) is 11.5 Å². The summed E-state index contributed by atoms with van der Waals surface area (Å²) in [7, 11) is 1.30. The number of halogens is 1. The Morgan fingerprint density at radius 1 is 1.21 bits per heavy atom. The van der Waals surface area contributed by atoms with E-state index in [9.17, 15) is 9.59 Å². The number of hydrogen-bond acceptors (Lipinski definition) is 7. The van der Waals surface area contributed by atoms with Crippen LogP contribution in [0.3, 0.4) is 0 Å². The lowest BCUT2D eigenvalue weighted by Crippen LogP contribution is -2.29. The van der Waals surface area contributed by atoms with E-state index in [1.165, 1.54) is 7.11 Å². The molecule has 1 aliphatic heterocycles. The number of allylic oxidation sites excluding steroid dienone is 2. The molecule has 2 aromatic rings. The van der Waals surface area contributed by atoms with Crippen molar-refractivity contribution < 1.29 is 23.8 Å². The maximum Gasteiger partial charge on any atom is 0.336 e. The van der Waals surface area contributed by atoms with Gasteiger partial charge in [0.2, 0.25) is 0 Å². The Kier molecular flexibility index (Phi) is 6.12. The molecule has 0 fully saturated rings. The summed E-state index contributed by atoms with van der Waals surface area (Å²) < 4.78 is 16.3. The Labute approximate surface area is 196 Å².